The van der Waals surface area contributed by atoms with Gasteiger partial charge in [0.25, 0.3) is 0 Å². The first kappa shape index (κ1) is 12.5. The van der Waals surface area contributed by atoms with Gasteiger partial charge in [-0.2, -0.15) is 10.2 Å². The Morgan fingerprint density at radius 3 is 2.76 bits per heavy atom. The molecule has 0 radical (unpaired) electrons. The van der Waals surface area contributed by atoms with Gasteiger partial charge in [0.2, 0.25) is 0 Å². The zero-order chi connectivity index (χ0) is 12.3. The van der Waals surface area contributed by atoms with Crippen LogP contribution in [0.2, 0.25) is 5.02 Å². The molecule has 1 aromatic carbocycles. The van der Waals surface area contributed by atoms with Crippen LogP contribution in [-0.2, 0) is 6.42 Å². The van der Waals surface area contributed by atoms with E-state index in [0.717, 1.165) is 20.6 Å². The molecule has 2 N–H and O–H groups in total. The zero-order valence-corrected chi connectivity index (χ0v) is 11.3. The van der Waals surface area contributed by atoms with Crippen molar-refractivity contribution >= 4 is 27.5 Å². The third kappa shape index (κ3) is 3.25. The predicted octanol–water partition coefficient (Wildman–Crippen LogP) is 3.14. The van der Waals surface area contributed by atoms with Gasteiger partial charge in [0, 0.05) is 21.7 Å². The molecule has 0 spiro atoms. The van der Waals surface area contributed by atoms with Gasteiger partial charge in [0.15, 0.2) is 0 Å². The topological polar surface area (TPSA) is 51.8 Å². The molecule has 0 aliphatic rings. The second kappa shape index (κ2) is 5.58. The molecule has 5 heteroatoms. The Hall–Kier alpha value is -0.970. The highest BCUT2D eigenvalue weighted by Gasteiger charge is 2.10. The van der Waals surface area contributed by atoms with Crippen LogP contribution < -0.4 is 5.73 Å². The lowest BCUT2D eigenvalue weighted by molar-refractivity contribution is 0.713. The van der Waals surface area contributed by atoms with Gasteiger partial charge in [0.05, 0.1) is 6.20 Å². The van der Waals surface area contributed by atoms with Crippen molar-refractivity contribution < 1.29 is 0 Å². The lowest BCUT2D eigenvalue weighted by Crippen LogP contribution is -2.14. The molecule has 0 fully saturated rings. The molecule has 2 aromatic rings. The van der Waals surface area contributed by atoms with Crippen molar-refractivity contribution in [2.75, 3.05) is 0 Å². The van der Waals surface area contributed by atoms with Crippen LogP contribution in [0.5, 0.6) is 0 Å². The summed E-state index contributed by atoms with van der Waals surface area (Å²) < 4.78 is 0.963. The molecule has 1 unspecified atom stereocenters. The van der Waals surface area contributed by atoms with E-state index in [2.05, 4.69) is 26.1 Å². The van der Waals surface area contributed by atoms with Crippen molar-refractivity contribution in [2.24, 2.45) is 5.73 Å². The van der Waals surface area contributed by atoms with E-state index in [-0.39, 0.29) is 6.04 Å². The Morgan fingerprint density at radius 1 is 1.29 bits per heavy atom. The fourth-order valence-corrected chi connectivity index (χ4v) is 2.31. The maximum absolute atomic E-state index is 6.15. The summed E-state index contributed by atoms with van der Waals surface area (Å²) in [6.07, 6.45) is 3.99. The number of halogens is 2. The number of hydrogen-bond acceptors (Lipinski definition) is 3. The molecule has 0 aliphatic carbocycles. The van der Waals surface area contributed by atoms with Gasteiger partial charge >= 0.3 is 0 Å². The van der Waals surface area contributed by atoms with Crippen LogP contribution in [0.4, 0.5) is 0 Å². The fourth-order valence-electron chi connectivity index (χ4n) is 1.56. The highest BCUT2D eigenvalue weighted by Crippen LogP contribution is 2.25. The van der Waals surface area contributed by atoms with Crippen molar-refractivity contribution in [1.29, 1.82) is 0 Å². The minimum Gasteiger partial charge on any atom is -0.324 e. The largest absolute Gasteiger partial charge is 0.324 e. The van der Waals surface area contributed by atoms with Crippen molar-refractivity contribution in [3.63, 3.8) is 0 Å². The van der Waals surface area contributed by atoms with Gasteiger partial charge in [-0.25, -0.2) is 0 Å². The maximum Gasteiger partial charge on any atom is 0.0544 e. The van der Waals surface area contributed by atoms with Crippen molar-refractivity contribution in [3.05, 3.63) is 57.3 Å². The summed E-state index contributed by atoms with van der Waals surface area (Å²) in [5, 5.41) is 8.26. The van der Waals surface area contributed by atoms with Gasteiger partial charge in [-0.05, 0) is 35.7 Å². The molecule has 17 heavy (non-hydrogen) atoms. The highest BCUT2D eigenvalue weighted by molar-refractivity contribution is 9.10. The summed E-state index contributed by atoms with van der Waals surface area (Å²) in [7, 11) is 0. The molecule has 1 aromatic heterocycles. The Labute approximate surface area is 113 Å². The Balaban J connectivity index is 2.16. The molecule has 1 atom stereocenters. The molecule has 0 amide bonds. The van der Waals surface area contributed by atoms with Gasteiger partial charge in [-0.1, -0.05) is 33.6 Å². The van der Waals surface area contributed by atoms with E-state index in [1.54, 1.807) is 12.4 Å². The van der Waals surface area contributed by atoms with Gasteiger partial charge in [0.1, 0.15) is 0 Å². The molecule has 0 saturated heterocycles. The second-order valence-corrected chi connectivity index (χ2v) is 5.05. The van der Waals surface area contributed by atoms with E-state index >= 15 is 0 Å². The lowest BCUT2D eigenvalue weighted by atomic mass is 10.0. The van der Waals surface area contributed by atoms with E-state index in [0.29, 0.717) is 6.42 Å². The summed E-state index contributed by atoms with van der Waals surface area (Å²) in [5.74, 6) is 0. The SMILES string of the molecule is NC(Cc1ccc(Br)cc1Cl)c1ccnnc1. The van der Waals surface area contributed by atoms with Gasteiger partial charge < -0.3 is 5.73 Å². The molecular formula is C12H11BrClN3. The molecule has 0 saturated carbocycles. The van der Waals surface area contributed by atoms with Crippen molar-refractivity contribution in [2.45, 2.75) is 12.5 Å². The zero-order valence-electron chi connectivity index (χ0n) is 8.98. The molecule has 2 rings (SSSR count). The molecule has 0 aliphatic heterocycles. The molecule has 3 nitrogen and oxygen atoms in total. The van der Waals surface area contributed by atoms with E-state index in [1.165, 1.54) is 0 Å². The molecule has 0 bridgehead atoms. The minimum absolute atomic E-state index is 0.121. The molecule has 1 heterocycles. The van der Waals surface area contributed by atoms with Crippen LogP contribution in [-0.4, -0.2) is 10.2 Å². The minimum atomic E-state index is -0.121. The Kier molecular flexibility index (Phi) is 4.10. The van der Waals surface area contributed by atoms with Crippen molar-refractivity contribution in [3.8, 4) is 0 Å². The van der Waals surface area contributed by atoms with E-state index in [4.69, 9.17) is 17.3 Å². The van der Waals surface area contributed by atoms with Gasteiger partial charge in [-0.3, -0.25) is 0 Å². The maximum atomic E-state index is 6.15. The quantitative estimate of drug-likeness (QED) is 0.947. The second-order valence-electron chi connectivity index (χ2n) is 3.72. The number of benzene rings is 1. The third-order valence-corrected chi connectivity index (χ3v) is 3.34. The Morgan fingerprint density at radius 2 is 2.12 bits per heavy atom. The van der Waals surface area contributed by atoms with Crippen LogP contribution in [0.3, 0.4) is 0 Å². The van der Waals surface area contributed by atoms with Crippen LogP contribution in [0, 0.1) is 0 Å². The number of nitrogens with zero attached hydrogens (tertiary/aromatic N) is 2. The van der Waals surface area contributed by atoms with Crippen LogP contribution in [0.25, 0.3) is 0 Å². The standard InChI is InChI=1S/C12H11BrClN3/c13-10-2-1-8(11(14)6-10)5-12(15)9-3-4-16-17-7-9/h1-4,6-7,12H,5,15H2. The smallest absolute Gasteiger partial charge is 0.0544 e. The first-order valence-corrected chi connectivity index (χ1v) is 6.30. The Bertz CT molecular complexity index is 504. The van der Waals surface area contributed by atoms with E-state index in [9.17, 15) is 0 Å². The predicted molar refractivity (Wildman–Crippen MR) is 71.8 cm³/mol. The number of nitrogens with two attached hydrogens (primary N) is 1. The van der Waals surface area contributed by atoms with E-state index in [1.807, 2.05) is 24.3 Å². The summed E-state index contributed by atoms with van der Waals surface area (Å²) >= 11 is 9.52. The first-order chi connectivity index (χ1) is 8.16. The monoisotopic (exact) mass is 311 g/mol. The summed E-state index contributed by atoms with van der Waals surface area (Å²) in [4.78, 5) is 0. The van der Waals surface area contributed by atoms with Crippen LogP contribution in [0.15, 0.2) is 41.1 Å². The van der Waals surface area contributed by atoms with Gasteiger partial charge in [-0.15, -0.1) is 0 Å². The number of hydrogen-bond donors (Lipinski definition) is 1. The average molecular weight is 313 g/mol. The first-order valence-electron chi connectivity index (χ1n) is 5.13. The normalized spacial score (nSPS) is 12.4. The van der Waals surface area contributed by atoms with Crippen LogP contribution >= 0.6 is 27.5 Å². The number of rotatable bonds is 3. The summed E-state index contributed by atoms with van der Waals surface area (Å²) in [5.41, 5.74) is 8.08. The average Bonchev–Trinajstić information content (AvgIpc) is 2.34. The van der Waals surface area contributed by atoms with Crippen LogP contribution in [0.1, 0.15) is 17.2 Å². The lowest BCUT2D eigenvalue weighted by Gasteiger charge is -2.12. The fraction of sp³-hybridized carbons (Fsp3) is 0.167. The molecular weight excluding hydrogens is 302 g/mol. The molecule has 88 valence electrons. The van der Waals surface area contributed by atoms with E-state index < -0.39 is 0 Å². The van der Waals surface area contributed by atoms with Crippen molar-refractivity contribution in [1.82, 2.24) is 10.2 Å². The number of aromatic nitrogens is 2. The highest BCUT2D eigenvalue weighted by atomic mass is 79.9. The summed E-state index contributed by atoms with van der Waals surface area (Å²) in [6.45, 7) is 0. The summed E-state index contributed by atoms with van der Waals surface area (Å²) in [6, 6.07) is 7.54. The third-order valence-electron chi connectivity index (χ3n) is 2.49.